The summed E-state index contributed by atoms with van der Waals surface area (Å²) in [6.07, 6.45) is -24.2. The van der Waals surface area contributed by atoms with Gasteiger partial charge in [0.2, 0.25) is 0 Å². The first-order valence-electron chi connectivity index (χ1n) is 22.9. The SMILES string of the molecule is COOSON=C(c1ccc(OCC(COc2ccc(/C(=N/OS(C)(=O)=O)C(F)(F)F)cc2)OC(=O)CCC(=O)OC(COc2ccc(/C(=N/OSOOC)C(F)(F)F)cc2)COc2ccc(/C(=N/OS(C)(=O)=O)C(F)(F)F)cc2)cc1)C(F)(F)F. The first-order valence-corrected chi connectivity index (χ1v) is 27.9. The van der Waals surface area contributed by atoms with Crippen LogP contribution in [0, 0.1) is 0 Å². The summed E-state index contributed by atoms with van der Waals surface area (Å²) in [4.78, 5) is 35.0. The molecule has 24 nitrogen and oxygen atoms in total. The summed E-state index contributed by atoms with van der Waals surface area (Å²) in [7, 11) is -6.86. The molecule has 0 saturated carbocycles. The molecular weight excluding hydrogens is 1280 g/mol. The fraction of sp³-hybridized carbons (Fsp3) is 0.348. The molecule has 4 rings (SSSR count). The average Bonchev–Trinajstić information content (AvgIpc) is 1.82. The molecule has 86 heavy (non-hydrogen) atoms. The zero-order valence-electron chi connectivity index (χ0n) is 43.8. The number of ether oxygens (including phenoxy) is 6. The van der Waals surface area contributed by atoms with Crippen LogP contribution in [0.5, 0.6) is 23.0 Å². The third-order valence-electron chi connectivity index (χ3n) is 9.50. The van der Waals surface area contributed by atoms with Crippen molar-refractivity contribution < 1.29 is 143 Å². The second-order valence-corrected chi connectivity index (χ2v) is 20.1. The van der Waals surface area contributed by atoms with Crippen molar-refractivity contribution in [1.82, 2.24) is 0 Å². The molecule has 474 valence electrons. The van der Waals surface area contributed by atoms with E-state index in [1.54, 1.807) is 0 Å². The minimum atomic E-state index is -5.22. The van der Waals surface area contributed by atoms with Gasteiger partial charge in [-0.15, -0.1) is 8.67 Å². The zero-order chi connectivity index (χ0) is 63.9. The van der Waals surface area contributed by atoms with Gasteiger partial charge in [0, 0.05) is 22.3 Å². The summed E-state index contributed by atoms with van der Waals surface area (Å²) in [5, 5.41) is 11.3. The van der Waals surface area contributed by atoms with Gasteiger partial charge in [-0.1, -0.05) is 20.6 Å². The van der Waals surface area contributed by atoms with E-state index in [1.165, 1.54) is 0 Å². The lowest BCUT2D eigenvalue weighted by atomic mass is 10.1. The van der Waals surface area contributed by atoms with Gasteiger partial charge in [0.15, 0.2) is 35.1 Å². The van der Waals surface area contributed by atoms with Gasteiger partial charge in [-0.2, -0.15) is 69.5 Å². The van der Waals surface area contributed by atoms with E-state index >= 15 is 0 Å². The molecule has 0 heterocycles. The lowest BCUT2D eigenvalue weighted by Gasteiger charge is -2.21. The van der Waals surface area contributed by atoms with Gasteiger partial charge in [-0.3, -0.25) is 26.7 Å². The largest absolute Gasteiger partial charge is 0.490 e. The molecule has 4 aromatic carbocycles. The standard InChI is InChI=1S/C46H42F12N4O20S4/c1-69-81-83-77-59-39(43(47,48)49)27-5-13-31(14-6-27)71-23-35(25-73-33-17-9-29(10-18-33)41(45(53,54)55)61-79-85(3,65)66)75-37(63)21-22-38(64)76-36(24-72-32-15-7-28(8-16-32)40(44(50,51)52)60-78-84-82-70-2)26-74-34-19-11-30(12-20-34)42(46(56,57)58)62-80-86(4,67)68/h5-20,35-36H,21-26H2,1-4H3/b59-39-,60-40?,61-41-,62-42-. The smallest absolute Gasteiger partial charge is 0.437 e. The average molecular weight is 1330 g/mol. The number of rotatable bonds is 33. The molecule has 0 spiro atoms. The molecule has 40 heteroatoms. The van der Waals surface area contributed by atoms with Gasteiger partial charge in [-0.25, -0.2) is 9.78 Å². The van der Waals surface area contributed by atoms with Crippen LogP contribution in [-0.4, -0.2) is 142 Å². The summed E-state index contributed by atoms with van der Waals surface area (Å²) in [6, 6.07) is 15.0. The molecule has 0 aliphatic heterocycles. The molecule has 2 atom stereocenters. The van der Waals surface area contributed by atoms with Crippen molar-refractivity contribution >= 4 is 79.7 Å². The highest BCUT2D eigenvalue weighted by atomic mass is 32.2. The van der Waals surface area contributed by atoms with E-state index in [1.807, 2.05) is 0 Å². The minimum Gasteiger partial charge on any atom is -0.490 e. The number of hydrogen-bond acceptors (Lipinski definition) is 26. The molecule has 0 fully saturated rings. The molecule has 0 aliphatic rings. The van der Waals surface area contributed by atoms with Crippen molar-refractivity contribution in [3.63, 3.8) is 0 Å². The monoisotopic (exact) mass is 1330 g/mol. The third-order valence-corrected chi connectivity index (χ3v) is 10.8. The zero-order valence-corrected chi connectivity index (χ0v) is 47.0. The highest BCUT2D eigenvalue weighted by molar-refractivity contribution is 7.89. The van der Waals surface area contributed by atoms with E-state index in [2.05, 4.69) is 56.2 Å². The fourth-order valence-corrected chi connectivity index (χ4v) is 6.78. The van der Waals surface area contributed by atoms with Crippen LogP contribution in [0.2, 0.25) is 0 Å². The van der Waals surface area contributed by atoms with Crippen molar-refractivity contribution in [2.24, 2.45) is 20.6 Å². The van der Waals surface area contributed by atoms with E-state index in [0.29, 0.717) is 12.5 Å². The van der Waals surface area contributed by atoms with Gasteiger partial charge in [-0.05, 0) is 97.1 Å². The number of halogens is 12. The molecular formula is C46H42F12N4O20S4. The Morgan fingerprint density at radius 3 is 0.860 bits per heavy atom. The second-order valence-electron chi connectivity index (χ2n) is 16.1. The number of benzene rings is 4. The summed E-state index contributed by atoms with van der Waals surface area (Å²) in [5.74, 6) is -3.01. The molecule has 0 bridgehead atoms. The summed E-state index contributed by atoms with van der Waals surface area (Å²) >= 11 is -0.0803. The van der Waals surface area contributed by atoms with Crippen LogP contribution in [0.1, 0.15) is 35.1 Å². The fourth-order valence-electron chi connectivity index (χ4n) is 5.99. The van der Waals surface area contributed by atoms with Gasteiger partial charge in [0.05, 0.1) is 39.6 Å². The minimum absolute atomic E-state index is 0.0402. The van der Waals surface area contributed by atoms with Gasteiger partial charge in [0.25, 0.3) is 24.6 Å². The van der Waals surface area contributed by atoms with Gasteiger partial charge in [0.1, 0.15) is 49.4 Å². The van der Waals surface area contributed by atoms with Crippen molar-refractivity contribution in [2.75, 3.05) is 53.2 Å². The highest BCUT2D eigenvalue weighted by Gasteiger charge is 2.41. The van der Waals surface area contributed by atoms with Crippen LogP contribution in [-0.2, 0) is 74.9 Å². The van der Waals surface area contributed by atoms with Crippen LogP contribution in [0.25, 0.3) is 0 Å². The number of oxime groups is 4. The molecule has 0 aromatic heterocycles. The molecule has 0 amide bonds. The summed E-state index contributed by atoms with van der Waals surface area (Å²) in [5.41, 5.74) is -8.99. The van der Waals surface area contributed by atoms with E-state index in [4.69, 9.17) is 28.4 Å². The maximum atomic E-state index is 13.8. The normalized spacial score (nSPS) is 13.9. The predicted molar refractivity (Wildman–Crippen MR) is 273 cm³/mol. The number of alkyl halides is 12. The first-order chi connectivity index (χ1) is 40.1. The predicted octanol–water partition coefficient (Wildman–Crippen LogP) is 9.24. The van der Waals surface area contributed by atoms with Crippen LogP contribution in [0.3, 0.4) is 0 Å². The Morgan fingerprint density at radius 1 is 0.419 bits per heavy atom. The van der Waals surface area contributed by atoms with Crippen LogP contribution < -0.4 is 18.9 Å². The van der Waals surface area contributed by atoms with E-state index < -0.39 is 153 Å². The van der Waals surface area contributed by atoms with Crippen molar-refractivity contribution in [2.45, 2.75) is 49.8 Å². The topological polar surface area (TPSA) is 281 Å². The lowest BCUT2D eigenvalue weighted by molar-refractivity contribution is -0.166. The Bertz CT molecular complexity index is 2980. The van der Waals surface area contributed by atoms with E-state index in [0.717, 1.165) is 111 Å². The third kappa shape index (κ3) is 26.0. The molecule has 4 aromatic rings. The second kappa shape index (κ2) is 32.3. The van der Waals surface area contributed by atoms with Crippen molar-refractivity contribution in [3.05, 3.63) is 119 Å². The molecule has 0 radical (unpaired) electrons. The Hall–Kier alpha value is -7.50. The summed E-state index contributed by atoms with van der Waals surface area (Å²) in [6.45, 7) is -2.67. The Balaban J connectivity index is 1.55. The number of hydrogen-bond donors (Lipinski definition) is 0. The number of esters is 2. The number of carbonyl (C=O) groups is 2. The molecule has 0 aliphatic carbocycles. The molecule has 0 saturated heterocycles. The maximum absolute atomic E-state index is 13.8. The lowest BCUT2D eigenvalue weighted by Crippen LogP contribution is -2.32. The molecule has 2 unspecified atom stereocenters. The van der Waals surface area contributed by atoms with Gasteiger partial charge >= 0.3 is 56.9 Å². The first kappa shape index (κ1) is 71.0. The Labute approximate surface area is 487 Å². The Morgan fingerprint density at radius 2 is 0.651 bits per heavy atom. The van der Waals surface area contributed by atoms with E-state index in [-0.39, 0.29) is 47.6 Å². The van der Waals surface area contributed by atoms with Gasteiger partial charge < -0.3 is 28.4 Å². The number of carbonyl (C=O) groups excluding carboxylic acids is 2. The van der Waals surface area contributed by atoms with Crippen LogP contribution in [0.15, 0.2) is 118 Å². The van der Waals surface area contributed by atoms with Crippen LogP contribution in [0.4, 0.5) is 52.7 Å². The quantitative estimate of drug-likeness (QED) is 0.00816. The highest BCUT2D eigenvalue weighted by Crippen LogP contribution is 2.30. The maximum Gasteiger partial charge on any atom is 0.437 e. The molecule has 0 N–H and O–H groups in total. The number of nitrogens with zero attached hydrogens (tertiary/aromatic N) is 4. The van der Waals surface area contributed by atoms with Crippen molar-refractivity contribution in [1.29, 1.82) is 0 Å². The van der Waals surface area contributed by atoms with Crippen molar-refractivity contribution in [3.8, 4) is 23.0 Å². The van der Waals surface area contributed by atoms with E-state index in [9.17, 15) is 79.1 Å². The van der Waals surface area contributed by atoms with Crippen LogP contribution >= 0.6 is 24.6 Å². The summed E-state index contributed by atoms with van der Waals surface area (Å²) < 4.78 is 269. The Kier molecular flexibility index (Phi) is 26.7.